The van der Waals surface area contributed by atoms with Crippen LogP contribution < -0.4 is 5.73 Å². The molecule has 3 rings (SSSR count). The summed E-state index contributed by atoms with van der Waals surface area (Å²) in [5.74, 6) is -0.237. The summed E-state index contributed by atoms with van der Waals surface area (Å²) in [4.78, 5) is 3.96. The Labute approximate surface area is 133 Å². The summed E-state index contributed by atoms with van der Waals surface area (Å²) in [5.41, 5.74) is 10.6. The van der Waals surface area contributed by atoms with Crippen LogP contribution in [-0.4, -0.2) is 9.55 Å². The zero-order valence-electron chi connectivity index (χ0n) is 12.1. The van der Waals surface area contributed by atoms with Crippen molar-refractivity contribution in [1.29, 1.82) is 0 Å². The SMILES string of the molecule is Cc1cc(-c2ccc(F)cc2)cn1Cc1cc(Cl)ncc1N. The van der Waals surface area contributed by atoms with Gasteiger partial charge in [-0.15, -0.1) is 0 Å². The predicted octanol–water partition coefficient (Wildman–Crippen LogP) is 4.28. The van der Waals surface area contributed by atoms with Crippen molar-refractivity contribution < 1.29 is 4.39 Å². The number of nitrogens with two attached hydrogens (primary N) is 1. The minimum atomic E-state index is -0.237. The molecule has 0 bridgehead atoms. The van der Waals surface area contributed by atoms with Gasteiger partial charge < -0.3 is 10.3 Å². The molecule has 0 spiro atoms. The number of anilines is 1. The molecule has 3 nitrogen and oxygen atoms in total. The quantitative estimate of drug-likeness (QED) is 0.733. The molecule has 5 heteroatoms. The Balaban J connectivity index is 1.92. The first-order chi connectivity index (χ1) is 10.5. The van der Waals surface area contributed by atoms with Crippen molar-refractivity contribution in [2.24, 2.45) is 0 Å². The summed E-state index contributed by atoms with van der Waals surface area (Å²) in [6.07, 6.45) is 3.59. The van der Waals surface area contributed by atoms with E-state index in [9.17, 15) is 4.39 Å². The summed E-state index contributed by atoms with van der Waals surface area (Å²) < 4.78 is 15.1. The molecule has 0 radical (unpaired) electrons. The number of nitrogens with zero attached hydrogens (tertiary/aromatic N) is 2. The smallest absolute Gasteiger partial charge is 0.129 e. The second kappa shape index (κ2) is 5.81. The first-order valence-corrected chi connectivity index (χ1v) is 7.23. The lowest BCUT2D eigenvalue weighted by Crippen LogP contribution is -2.04. The molecule has 0 aliphatic rings. The van der Waals surface area contributed by atoms with Gasteiger partial charge in [0.1, 0.15) is 11.0 Å². The maximum Gasteiger partial charge on any atom is 0.129 e. The van der Waals surface area contributed by atoms with E-state index < -0.39 is 0 Å². The van der Waals surface area contributed by atoms with Crippen LogP contribution in [0.4, 0.5) is 10.1 Å². The lowest BCUT2D eigenvalue weighted by atomic mass is 10.1. The van der Waals surface area contributed by atoms with Crippen LogP contribution in [0, 0.1) is 12.7 Å². The normalized spacial score (nSPS) is 10.9. The molecule has 0 atom stereocenters. The Morgan fingerprint density at radius 2 is 1.91 bits per heavy atom. The number of hydrogen-bond acceptors (Lipinski definition) is 2. The van der Waals surface area contributed by atoms with E-state index in [0.29, 0.717) is 17.4 Å². The largest absolute Gasteiger partial charge is 0.397 e. The van der Waals surface area contributed by atoms with Crippen molar-refractivity contribution >= 4 is 17.3 Å². The van der Waals surface area contributed by atoms with Gasteiger partial charge in [-0.3, -0.25) is 0 Å². The van der Waals surface area contributed by atoms with Crippen LogP contribution in [0.5, 0.6) is 0 Å². The van der Waals surface area contributed by atoms with Gasteiger partial charge in [0, 0.05) is 18.4 Å². The second-order valence-electron chi connectivity index (χ2n) is 5.21. The summed E-state index contributed by atoms with van der Waals surface area (Å²) in [5, 5.41) is 0.424. The van der Waals surface area contributed by atoms with Crippen LogP contribution in [0.3, 0.4) is 0 Å². The van der Waals surface area contributed by atoms with Crippen LogP contribution in [-0.2, 0) is 6.54 Å². The molecular weight excluding hydrogens is 301 g/mol. The van der Waals surface area contributed by atoms with Crippen molar-refractivity contribution in [3.05, 3.63) is 71.0 Å². The minimum absolute atomic E-state index is 0.237. The number of halogens is 2. The molecule has 2 N–H and O–H groups in total. The Kier molecular flexibility index (Phi) is 3.86. The molecule has 0 unspecified atom stereocenters. The molecule has 2 aromatic heterocycles. The fourth-order valence-corrected chi connectivity index (χ4v) is 2.56. The highest BCUT2D eigenvalue weighted by Crippen LogP contribution is 2.24. The van der Waals surface area contributed by atoms with Gasteiger partial charge in [-0.05, 0) is 47.9 Å². The summed E-state index contributed by atoms with van der Waals surface area (Å²) >= 11 is 5.93. The van der Waals surface area contributed by atoms with Gasteiger partial charge in [0.25, 0.3) is 0 Å². The van der Waals surface area contributed by atoms with Crippen LogP contribution in [0.25, 0.3) is 11.1 Å². The monoisotopic (exact) mass is 315 g/mol. The number of aromatic nitrogens is 2. The van der Waals surface area contributed by atoms with Crippen molar-refractivity contribution in [3.63, 3.8) is 0 Å². The van der Waals surface area contributed by atoms with Gasteiger partial charge in [-0.25, -0.2) is 9.37 Å². The lowest BCUT2D eigenvalue weighted by molar-refractivity contribution is 0.628. The fourth-order valence-electron chi connectivity index (χ4n) is 2.38. The number of nitrogen functional groups attached to an aromatic ring is 1. The van der Waals surface area contributed by atoms with E-state index in [1.54, 1.807) is 24.4 Å². The van der Waals surface area contributed by atoms with Crippen LogP contribution >= 0.6 is 11.6 Å². The van der Waals surface area contributed by atoms with E-state index in [4.69, 9.17) is 17.3 Å². The number of benzene rings is 1. The molecule has 0 saturated carbocycles. The molecule has 2 heterocycles. The molecule has 0 fully saturated rings. The van der Waals surface area contributed by atoms with Crippen LogP contribution in [0.2, 0.25) is 5.15 Å². The average Bonchev–Trinajstić information content (AvgIpc) is 2.85. The van der Waals surface area contributed by atoms with Crippen molar-refractivity contribution in [1.82, 2.24) is 9.55 Å². The highest BCUT2D eigenvalue weighted by molar-refractivity contribution is 6.29. The third-order valence-corrected chi connectivity index (χ3v) is 3.83. The zero-order chi connectivity index (χ0) is 15.7. The third-order valence-electron chi connectivity index (χ3n) is 3.62. The summed E-state index contributed by atoms with van der Waals surface area (Å²) in [7, 11) is 0. The molecule has 0 aliphatic heterocycles. The Hall–Kier alpha value is -2.33. The first-order valence-electron chi connectivity index (χ1n) is 6.85. The highest BCUT2D eigenvalue weighted by atomic mass is 35.5. The molecule has 112 valence electrons. The molecule has 1 aromatic carbocycles. The van der Waals surface area contributed by atoms with Crippen LogP contribution in [0.15, 0.2) is 48.8 Å². The Morgan fingerprint density at radius 3 is 2.64 bits per heavy atom. The van der Waals surface area contributed by atoms with Crippen molar-refractivity contribution in [2.75, 3.05) is 5.73 Å². The molecular formula is C17H15ClFN3. The van der Waals surface area contributed by atoms with Crippen LogP contribution in [0.1, 0.15) is 11.3 Å². The Morgan fingerprint density at radius 1 is 1.18 bits per heavy atom. The van der Waals surface area contributed by atoms with Gasteiger partial charge in [0.2, 0.25) is 0 Å². The predicted molar refractivity (Wildman–Crippen MR) is 87.3 cm³/mol. The molecule has 22 heavy (non-hydrogen) atoms. The number of pyridine rings is 1. The van der Waals surface area contributed by atoms with E-state index in [0.717, 1.165) is 22.4 Å². The summed E-state index contributed by atoms with van der Waals surface area (Å²) in [6.45, 7) is 2.63. The maximum atomic E-state index is 13.0. The lowest BCUT2D eigenvalue weighted by Gasteiger charge is -2.09. The Bertz CT molecular complexity index is 809. The molecule has 0 aliphatic carbocycles. The van der Waals surface area contributed by atoms with E-state index in [1.807, 2.05) is 13.1 Å². The zero-order valence-corrected chi connectivity index (χ0v) is 12.8. The fraction of sp³-hybridized carbons (Fsp3) is 0.118. The number of hydrogen-bond donors (Lipinski definition) is 1. The van der Waals surface area contributed by atoms with Crippen molar-refractivity contribution in [2.45, 2.75) is 13.5 Å². The number of rotatable bonds is 3. The molecule has 0 amide bonds. The topological polar surface area (TPSA) is 43.8 Å². The van der Waals surface area contributed by atoms with Gasteiger partial charge in [-0.1, -0.05) is 23.7 Å². The van der Waals surface area contributed by atoms with Gasteiger partial charge in [0.05, 0.1) is 11.9 Å². The first kappa shape index (κ1) is 14.6. The van der Waals surface area contributed by atoms with Gasteiger partial charge >= 0.3 is 0 Å². The summed E-state index contributed by atoms with van der Waals surface area (Å²) in [6, 6.07) is 10.3. The molecule has 3 aromatic rings. The van der Waals surface area contributed by atoms with E-state index in [2.05, 4.69) is 15.6 Å². The van der Waals surface area contributed by atoms with E-state index >= 15 is 0 Å². The second-order valence-corrected chi connectivity index (χ2v) is 5.60. The van der Waals surface area contributed by atoms with Crippen molar-refractivity contribution in [3.8, 4) is 11.1 Å². The van der Waals surface area contributed by atoms with E-state index in [1.165, 1.54) is 12.1 Å². The molecule has 0 saturated heterocycles. The maximum absolute atomic E-state index is 13.0. The standard InChI is InChI=1S/C17H15ClFN3/c1-11-6-13(12-2-4-15(19)5-3-12)9-22(11)10-14-7-17(18)21-8-16(14)20/h2-9H,10,20H2,1H3. The third kappa shape index (κ3) is 2.97. The van der Waals surface area contributed by atoms with Gasteiger partial charge in [-0.2, -0.15) is 0 Å². The van der Waals surface area contributed by atoms with E-state index in [-0.39, 0.29) is 5.82 Å². The van der Waals surface area contributed by atoms with Gasteiger partial charge in [0.15, 0.2) is 0 Å². The highest BCUT2D eigenvalue weighted by Gasteiger charge is 2.08. The number of aryl methyl sites for hydroxylation is 1. The minimum Gasteiger partial charge on any atom is -0.397 e. The average molecular weight is 316 g/mol.